The molecule has 0 radical (unpaired) electrons. The molecule has 0 saturated carbocycles. The molecule has 0 aromatic carbocycles. The van der Waals surface area contributed by atoms with Gasteiger partial charge < -0.3 is 14.2 Å². The lowest BCUT2D eigenvalue weighted by molar-refractivity contribution is -0.166. The average molecular weight is 980 g/mol. The van der Waals surface area contributed by atoms with Crippen molar-refractivity contribution in [2.24, 2.45) is 0 Å². The molecule has 398 valence electrons. The number of hydrogen-bond donors (Lipinski definition) is 0. The number of rotatable bonds is 49. The molecular weight excluding hydrogens is 877 g/mol. The van der Waals surface area contributed by atoms with Gasteiger partial charge in [-0.2, -0.15) is 0 Å². The summed E-state index contributed by atoms with van der Waals surface area (Å²) in [5.74, 6) is -1.03. The number of hydrogen-bond acceptors (Lipinski definition) is 6. The summed E-state index contributed by atoms with van der Waals surface area (Å²) >= 11 is 0. The molecule has 0 aromatic rings. The lowest BCUT2D eigenvalue weighted by Crippen LogP contribution is -2.30. The highest BCUT2D eigenvalue weighted by atomic mass is 16.6. The highest BCUT2D eigenvalue weighted by molar-refractivity contribution is 5.71. The predicted molar refractivity (Wildman–Crippen MR) is 306 cm³/mol. The van der Waals surface area contributed by atoms with Crippen LogP contribution in [-0.2, 0) is 28.6 Å². The highest BCUT2D eigenvalue weighted by Gasteiger charge is 2.19. The van der Waals surface area contributed by atoms with Gasteiger partial charge >= 0.3 is 17.9 Å². The molecule has 0 aliphatic heterocycles. The Bertz CT molecular complexity index is 1590. The summed E-state index contributed by atoms with van der Waals surface area (Å²) in [5.41, 5.74) is 0. The number of unbranched alkanes of at least 4 members (excludes halogenated alkanes) is 14. The molecule has 0 amide bonds. The molecule has 0 spiro atoms. The van der Waals surface area contributed by atoms with E-state index < -0.39 is 12.1 Å². The molecule has 0 aromatic heterocycles. The standard InChI is InChI=1S/C65H102O6/c1-4-7-10-13-16-19-21-23-25-27-29-30-31-32-33-34-36-37-39-41-43-46-49-52-55-58-64(67)70-61-62(60-69-63(66)57-54-51-48-45-18-15-12-9-6-3)71-65(68)59-56-53-50-47-44-42-40-38-35-28-26-24-22-20-17-14-11-8-5-2/h7-8,10-11,16-17,19-20,23-26,29-30,32-33,35-38,42,44,50,53,62H,4-6,9,12-15,18,21-22,27-28,31,34,39-41,43,45-49,51-52,54-61H2,1-3H3/b10-7-,11-8-,19-16-,20-17-,25-23-,26-24-,30-29-,33-32-,37-36-,38-35-,44-42-,53-50-. The molecule has 0 aliphatic rings. The molecule has 1 unspecified atom stereocenters. The van der Waals surface area contributed by atoms with Crippen molar-refractivity contribution in [3.05, 3.63) is 146 Å². The van der Waals surface area contributed by atoms with E-state index in [2.05, 4.69) is 154 Å². The van der Waals surface area contributed by atoms with Gasteiger partial charge in [-0.3, -0.25) is 14.4 Å². The van der Waals surface area contributed by atoms with E-state index in [0.29, 0.717) is 19.3 Å². The van der Waals surface area contributed by atoms with Crippen LogP contribution in [-0.4, -0.2) is 37.2 Å². The minimum atomic E-state index is -0.829. The van der Waals surface area contributed by atoms with Gasteiger partial charge in [0.15, 0.2) is 6.10 Å². The zero-order chi connectivity index (χ0) is 51.4. The van der Waals surface area contributed by atoms with Gasteiger partial charge in [0.05, 0.1) is 0 Å². The predicted octanol–water partition coefficient (Wildman–Crippen LogP) is 19.2. The molecule has 0 fully saturated rings. The molecule has 0 aliphatic carbocycles. The Kier molecular flexibility index (Phi) is 54.0. The maximum absolute atomic E-state index is 12.8. The van der Waals surface area contributed by atoms with Gasteiger partial charge in [-0.15, -0.1) is 0 Å². The van der Waals surface area contributed by atoms with Crippen LogP contribution in [0.25, 0.3) is 0 Å². The lowest BCUT2D eigenvalue weighted by atomic mass is 10.1. The van der Waals surface area contributed by atoms with Crippen LogP contribution >= 0.6 is 0 Å². The molecule has 0 saturated heterocycles. The van der Waals surface area contributed by atoms with Crippen molar-refractivity contribution >= 4 is 17.9 Å². The van der Waals surface area contributed by atoms with Crippen LogP contribution in [0.15, 0.2) is 146 Å². The minimum absolute atomic E-state index is 0.117. The molecule has 0 N–H and O–H groups in total. The third-order valence-corrected chi connectivity index (χ3v) is 11.4. The average Bonchev–Trinajstić information content (AvgIpc) is 3.37. The van der Waals surface area contributed by atoms with E-state index in [9.17, 15) is 14.4 Å². The molecule has 0 rings (SSSR count). The summed E-state index contributed by atoms with van der Waals surface area (Å²) in [4.78, 5) is 38.0. The van der Waals surface area contributed by atoms with Crippen molar-refractivity contribution in [2.45, 2.75) is 232 Å². The summed E-state index contributed by atoms with van der Waals surface area (Å²) in [7, 11) is 0. The van der Waals surface area contributed by atoms with Crippen LogP contribution in [0.2, 0.25) is 0 Å². The van der Waals surface area contributed by atoms with Crippen LogP contribution in [0.5, 0.6) is 0 Å². The second-order valence-electron chi connectivity index (χ2n) is 18.1. The second-order valence-corrected chi connectivity index (χ2v) is 18.1. The Labute approximate surface area is 436 Å². The van der Waals surface area contributed by atoms with Crippen molar-refractivity contribution < 1.29 is 28.6 Å². The van der Waals surface area contributed by atoms with Gasteiger partial charge in [0, 0.05) is 19.3 Å². The first-order valence-electron chi connectivity index (χ1n) is 28.3. The van der Waals surface area contributed by atoms with Crippen LogP contribution < -0.4 is 0 Å². The number of carbonyl (C=O) groups excluding carboxylic acids is 3. The molecule has 6 heteroatoms. The maximum Gasteiger partial charge on any atom is 0.306 e. The fourth-order valence-electron chi connectivity index (χ4n) is 7.18. The summed E-state index contributed by atoms with van der Waals surface area (Å²) in [5, 5.41) is 0. The summed E-state index contributed by atoms with van der Waals surface area (Å²) in [6.07, 6.45) is 82.8. The Morgan fingerprint density at radius 1 is 0.296 bits per heavy atom. The Morgan fingerprint density at radius 2 is 0.577 bits per heavy atom. The largest absolute Gasteiger partial charge is 0.462 e. The van der Waals surface area contributed by atoms with Gasteiger partial charge in [0.2, 0.25) is 0 Å². The van der Waals surface area contributed by atoms with Crippen molar-refractivity contribution in [1.82, 2.24) is 0 Å². The van der Waals surface area contributed by atoms with Crippen molar-refractivity contribution in [2.75, 3.05) is 13.2 Å². The second kappa shape index (κ2) is 57.9. The minimum Gasteiger partial charge on any atom is -0.462 e. The van der Waals surface area contributed by atoms with E-state index in [4.69, 9.17) is 14.2 Å². The third kappa shape index (κ3) is 56.1. The van der Waals surface area contributed by atoms with Gasteiger partial charge in [0.25, 0.3) is 0 Å². The molecule has 71 heavy (non-hydrogen) atoms. The SMILES string of the molecule is CC/C=C\C/C=C\C/C=C\C/C=C\C/C=C\C/C=C\CCCCCCCCC(=O)OCC(COC(=O)CCCCCCCCCCC)OC(=O)CC/C=C\C/C=C\C/C=C\C/C=C\C/C=C\C/C=C\CC. The molecule has 0 heterocycles. The maximum atomic E-state index is 12.8. The normalized spacial score (nSPS) is 13.2. The van der Waals surface area contributed by atoms with E-state index in [1.54, 1.807) is 0 Å². The smallest absolute Gasteiger partial charge is 0.306 e. The van der Waals surface area contributed by atoms with Crippen LogP contribution in [0, 0.1) is 0 Å². The summed E-state index contributed by atoms with van der Waals surface area (Å²) in [6, 6.07) is 0. The van der Waals surface area contributed by atoms with Gasteiger partial charge in [0.1, 0.15) is 13.2 Å². The first kappa shape index (κ1) is 66.3. The zero-order valence-corrected chi connectivity index (χ0v) is 45.4. The Hall–Kier alpha value is -4.71. The first-order valence-corrected chi connectivity index (χ1v) is 28.3. The monoisotopic (exact) mass is 979 g/mol. The summed E-state index contributed by atoms with van der Waals surface area (Å²) < 4.78 is 16.7. The molecule has 0 bridgehead atoms. The van der Waals surface area contributed by atoms with Crippen molar-refractivity contribution in [3.8, 4) is 0 Å². The quantitative estimate of drug-likeness (QED) is 0.0262. The number of ether oxygens (including phenoxy) is 3. The Morgan fingerprint density at radius 3 is 0.915 bits per heavy atom. The van der Waals surface area contributed by atoms with Gasteiger partial charge in [-0.25, -0.2) is 0 Å². The highest BCUT2D eigenvalue weighted by Crippen LogP contribution is 2.13. The Balaban J connectivity index is 4.43. The van der Waals surface area contributed by atoms with E-state index in [1.807, 2.05) is 12.2 Å². The summed E-state index contributed by atoms with van der Waals surface area (Å²) in [6.45, 7) is 6.30. The molecular formula is C65H102O6. The number of esters is 3. The van der Waals surface area contributed by atoms with Crippen LogP contribution in [0.3, 0.4) is 0 Å². The third-order valence-electron chi connectivity index (χ3n) is 11.4. The van der Waals surface area contributed by atoms with Crippen molar-refractivity contribution in [3.63, 3.8) is 0 Å². The number of carbonyl (C=O) groups is 3. The first-order chi connectivity index (χ1) is 35.0. The van der Waals surface area contributed by atoms with Gasteiger partial charge in [-0.1, -0.05) is 244 Å². The van der Waals surface area contributed by atoms with Gasteiger partial charge in [-0.05, 0) is 109 Å². The lowest BCUT2D eigenvalue weighted by Gasteiger charge is -2.18. The molecule has 6 nitrogen and oxygen atoms in total. The van der Waals surface area contributed by atoms with Crippen molar-refractivity contribution in [1.29, 1.82) is 0 Å². The van der Waals surface area contributed by atoms with E-state index >= 15 is 0 Å². The zero-order valence-electron chi connectivity index (χ0n) is 45.4. The fraction of sp³-hybridized carbons (Fsp3) is 0.585. The van der Waals surface area contributed by atoms with Crippen LogP contribution in [0.1, 0.15) is 226 Å². The topological polar surface area (TPSA) is 78.9 Å². The number of allylic oxidation sites excluding steroid dienone is 24. The van der Waals surface area contributed by atoms with E-state index in [0.717, 1.165) is 128 Å². The van der Waals surface area contributed by atoms with Crippen LogP contribution in [0.4, 0.5) is 0 Å². The fourth-order valence-corrected chi connectivity index (χ4v) is 7.18. The van der Waals surface area contributed by atoms with E-state index in [1.165, 1.54) is 51.4 Å². The van der Waals surface area contributed by atoms with E-state index in [-0.39, 0.29) is 31.6 Å². The molecule has 1 atom stereocenters.